The first kappa shape index (κ1) is 14.5. The average Bonchev–Trinajstić information content (AvgIpc) is 2.91. The van der Waals surface area contributed by atoms with Crippen molar-refractivity contribution in [2.75, 3.05) is 7.11 Å². The molecule has 120 valence electrons. The van der Waals surface area contributed by atoms with Gasteiger partial charge in [-0.1, -0.05) is 13.0 Å². The quantitative estimate of drug-likeness (QED) is 0.741. The van der Waals surface area contributed by atoms with E-state index in [0.717, 1.165) is 55.6 Å². The topological polar surface area (TPSA) is 26.3 Å². The summed E-state index contributed by atoms with van der Waals surface area (Å²) < 4.78 is 5.47. The monoisotopic (exact) mass is 300 g/mol. The molecule has 0 radical (unpaired) electrons. The lowest BCUT2D eigenvalue weighted by Crippen LogP contribution is -2.46. The molecule has 2 fully saturated rings. The molecule has 0 aromatic carbocycles. The summed E-state index contributed by atoms with van der Waals surface area (Å²) in [5.41, 5.74) is 1.58. The third-order valence-corrected chi connectivity index (χ3v) is 7.43. The predicted molar refractivity (Wildman–Crippen MR) is 87.2 cm³/mol. The maximum atomic E-state index is 12.6. The van der Waals surface area contributed by atoms with Gasteiger partial charge in [0.1, 0.15) is 5.78 Å². The fraction of sp³-hybridized carbons (Fsp3) is 0.750. The number of hydrogen-bond donors (Lipinski definition) is 0. The van der Waals surface area contributed by atoms with Crippen LogP contribution >= 0.6 is 0 Å². The van der Waals surface area contributed by atoms with Crippen molar-refractivity contribution in [1.29, 1.82) is 0 Å². The third-order valence-electron chi connectivity index (χ3n) is 7.43. The molecule has 0 bridgehead atoms. The summed E-state index contributed by atoms with van der Waals surface area (Å²) in [7, 11) is 1.79. The lowest BCUT2D eigenvalue weighted by molar-refractivity contribution is -0.132. The van der Waals surface area contributed by atoms with Crippen LogP contribution in [0.5, 0.6) is 0 Å². The number of ketones is 1. The molecule has 0 aliphatic heterocycles. The van der Waals surface area contributed by atoms with Gasteiger partial charge in [0.15, 0.2) is 0 Å². The SMILES string of the molecule is CCC12CCC3C4CCC(OC)=CC4=CCC3C1CCC2=O. The Balaban J connectivity index is 1.65. The molecule has 2 heteroatoms. The van der Waals surface area contributed by atoms with Crippen molar-refractivity contribution in [3.05, 3.63) is 23.5 Å². The van der Waals surface area contributed by atoms with E-state index in [9.17, 15) is 4.79 Å². The number of allylic oxidation sites excluding steroid dienone is 4. The molecule has 4 aliphatic rings. The van der Waals surface area contributed by atoms with Gasteiger partial charge in [-0.15, -0.1) is 0 Å². The Bertz CT molecular complexity index is 544. The van der Waals surface area contributed by atoms with E-state index < -0.39 is 0 Å². The molecule has 0 N–H and O–H groups in total. The van der Waals surface area contributed by atoms with Crippen molar-refractivity contribution in [1.82, 2.24) is 0 Å². The minimum atomic E-state index is 0.0503. The van der Waals surface area contributed by atoms with Gasteiger partial charge in [0, 0.05) is 18.3 Å². The van der Waals surface area contributed by atoms with Crippen LogP contribution in [0, 0.1) is 29.1 Å². The van der Waals surface area contributed by atoms with Crippen molar-refractivity contribution in [3.8, 4) is 0 Å². The van der Waals surface area contributed by atoms with Gasteiger partial charge in [-0.05, 0) is 73.8 Å². The van der Waals surface area contributed by atoms with Gasteiger partial charge < -0.3 is 4.74 Å². The standard InChI is InChI=1S/C20H28O2/c1-3-20-11-10-16-15-7-5-14(22-2)12-13(15)4-6-17(16)18(20)8-9-19(20)21/h4,12,15-18H,3,5-11H2,1-2H3. The predicted octanol–water partition coefficient (Wildman–Crippen LogP) is 4.66. The van der Waals surface area contributed by atoms with Gasteiger partial charge in [-0.2, -0.15) is 0 Å². The van der Waals surface area contributed by atoms with Crippen LogP contribution in [-0.2, 0) is 9.53 Å². The molecule has 5 unspecified atom stereocenters. The van der Waals surface area contributed by atoms with E-state index in [1.165, 1.54) is 24.8 Å². The van der Waals surface area contributed by atoms with Gasteiger partial charge >= 0.3 is 0 Å². The Kier molecular flexibility index (Phi) is 3.47. The zero-order chi connectivity index (χ0) is 15.3. The zero-order valence-electron chi connectivity index (χ0n) is 13.9. The molecule has 5 atom stereocenters. The minimum Gasteiger partial charge on any atom is -0.501 e. The van der Waals surface area contributed by atoms with Crippen LogP contribution < -0.4 is 0 Å². The first-order chi connectivity index (χ1) is 10.7. The van der Waals surface area contributed by atoms with E-state index in [1.807, 2.05) is 0 Å². The van der Waals surface area contributed by atoms with E-state index in [4.69, 9.17) is 4.74 Å². The molecule has 0 spiro atoms. The Morgan fingerprint density at radius 3 is 2.86 bits per heavy atom. The second-order valence-corrected chi connectivity index (χ2v) is 7.84. The normalized spacial score (nSPS) is 43.6. The Hall–Kier alpha value is -1.05. The zero-order valence-corrected chi connectivity index (χ0v) is 13.9. The number of fused-ring (bicyclic) bond motifs is 5. The molecule has 2 nitrogen and oxygen atoms in total. The minimum absolute atomic E-state index is 0.0503. The Labute approximate surface area is 134 Å². The average molecular weight is 300 g/mol. The number of rotatable bonds is 2. The van der Waals surface area contributed by atoms with Gasteiger partial charge in [0.05, 0.1) is 12.9 Å². The molecule has 4 rings (SSSR count). The van der Waals surface area contributed by atoms with Gasteiger partial charge in [0.2, 0.25) is 0 Å². The second-order valence-electron chi connectivity index (χ2n) is 7.84. The van der Waals surface area contributed by atoms with Crippen LogP contribution in [0.1, 0.15) is 58.3 Å². The molecule has 0 aromatic rings. The lowest BCUT2D eigenvalue weighted by Gasteiger charge is -2.51. The van der Waals surface area contributed by atoms with Crippen molar-refractivity contribution in [2.24, 2.45) is 29.1 Å². The van der Waals surface area contributed by atoms with Gasteiger partial charge in [-0.3, -0.25) is 4.79 Å². The Morgan fingerprint density at radius 2 is 2.09 bits per heavy atom. The van der Waals surface area contributed by atoms with E-state index >= 15 is 0 Å². The molecule has 0 heterocycles. The summed E-state index contributed by atoms with van der Waals surface area (Å²) in [6.45, 7) is 2.24. The van der Waals surface area contributed by atoms with Crippen LogP contribution in [0.25, 0.3) is 0 Å². The lowest BCUT2D eigenvalue weighted by atomic mass is 9.52. The highest BCUT2D eigenvalue weighted by Crippen LogP contribution is 2.61. The van der Waals surface area contributed by atoms with E-state index in [0.29, 0.717) is 11.7 Å². The van der Waals surface area contributed by atoms with Crippen LogP contribution in [0.15, 0.2) is 23.5 Å². The molecule has 0 saturated heterocycles. The maximum Gasteiger partial charge on any atom is 0.139 e. The highest BCUT2D eigenvalue weighted by atomic mass is 16.5. The smallest absolute Gasteiger partial charge is 0.139 e. The van der Waals surface area contributed by atoms with Gasteiger partial charge in [-0.25, -0.2) is 0 Å². The van der Waals surface area contributed by atoms with Gasteiger partial charge in [0.25, 0.3) is 0 Å². The second kappa shape index (κ2) is 5.25. The number of Topliss-reactive ketones (excluding diaryl/α,β-unsaturated/α-hetero) is 1. The summed E-state index contributed by atoms with van der Waals surface area (Å²) >= 11 is 0. The third kappa shape index (κ3) is 1.88. The van der Waals surface area contributed by atoms with Crippen molar-refractivity contribution >= 4 is 5.78 Å². The van der Waals surface area contributed by atoms with Crippen LogP contribution in [0.3, 0.4) is 0 Å². The first-order valence-corrected chi connectivity index (χ1v) is 9.17. The number of carbonyl (C=O) groups is 1. The fourth-order valence-corrected chi connectivity index (χ4v) is 6.31. The van der Waals surface area contributed by atoms with Crippen LogP contribution in [0.2, 0.25) is 0 Å². The number of carbonyl (C=O) groups excluding carboxylic acids is 1. The van der Waals surface area contributed by atoms with E-state index in [-0.39, 0.29) is 5.41 Å². The summed E-state index contributed by atoms with van der Waals surface area (Å²) in [4.78, 5) is 12.6. The molecule has 4 aliphatic carbocycles. The largest absolute Gasteiger partial charge is 0.501 e. The number of ether oxygens (including phenoxy) is 1. The van der Waals surface area contributed by atoms with Crippen molar-refractivity contribution in [3.63, 3.8) is 0 Å². The van der Waals surface area contributed by atoms with Crippen molar-refractivity contribution < 1.29 is 9.53 Å². The Morgan fingerprint density at radius 1 is 1.23 bits per heavy atom. The van der Waals surface area contributed by atoms with E-state index in [1.54, 1.807) is 7.11 Å². The number of hydrogen-bond acceptors (Lipinski definition) is 2. The summed E-state index contributed by atoms with van der Waals surface area (Å²) in [6, 6.07) is 0. The van der Waals surface area contributed by atoms with Crippen molar-refractivity contribution in [2.45, 2.75) is 58.3 Å². The molecular weight excluding hydrogens is 272 g/mol. The highest BCUT2D eigenvalue weighted by Gasteiger charge is 2.56. The molecule has 22 heavy (non-hydrogen) atoms. The maximum absolute atomic E-state index is 12.6. The fourth-order valence-electron chi connectivity index (χ4n) is 6.31. The molecule has 2 saturated carbocycles. The first-order valence-electron chi connectivity index (χ1n) is 9.17. The summed E-state index contributed by atoms with van der Waals surface area (Å²) in [6.07, 6.45) is 13.8. The molecule has 0 amide bonds. The number of methoxy groups -OCH3 is 1. The van der Waals surface area contributed by atoms with Crippen LogP contribution in [-0.4, -0.2) is 12.9 Å². The molecular formula is C20H28O2. The summed E-state index contributed by atoms with van der Waals surface area (Å²) in [5, 5.41) is 0. The molecule has 0 aromatic heterocycles. The van der Waals surface area contributed by atoms with E-state index in [2.05, 4.69) is 19.1 Å². The highest BCUT2D eigenvalue weighted by molar-refractivity contribution is 5.87. The van der Waals surface area contributed by atoms with Crippen LogP contribution in [0.4, 0.5) is 0 Å². The summed E-state index contributed by atoms with van der Waals surface area (Å²) in [5.74, 6) is 4.68.